The molecule has 2 aromatic rings. The van der Waals surface area contributed by atoms with E-state index in [1.807, 2.05) is 26.0 Å². The van der Waals surface area contributed by atoms with Crippen molar-refractivity contribution >= 4 is 5.91 Å². The Morgan fingerprint density at radius 1 is 1.10 bits per heavy atom. The fourth-order valence-corrected chi connectivity index (χ4v) is 2.03. The van der Waals surface area contributed by atoms with Gasteiger partial charge in [0.1, 0.15) is 5.82 Å². The fraction of sp³-hybridized carbons (Fsp3) is 0.235. The minimum atomic E-state index is -0.406. The lowest BCUT2D eigenvalue weighted by Crippen LogP contribution is -2.26. The van der Waals surface area contributed by atoms with Crippen molar-refractivity contribution in [3.05, 3.63) is 70.5 Å². The van der Waals surface area contributed by atoms with Crippen molar-refractivity contribution in [3.63, 3.8) is 0 Å². The molecule has 0 saturated heterocycles. The molecule has 1 N–H and O–H groups in total. The number of benzene rings is 2. The van der Waals surface area contributed by atoms with E-state index >= 15 is 0 Å². The summed E-state index contributed by atoms with van der Waals surface area (Å²) in [5.74, 6) is -0.674. The molecule has 0 radical (unpaired) electrons. The van der Waals surface area contributed by atoms with Crippen molar-refractivity contribution in [3.8, 4) is 0 Å². The van der Waals surface area contributed by atoms with Crippen LogP contribution in [0.15, 0.2) is 42.5 Å². The average molecular weight is 271 g/mol. The van der Waals surface area contributed by atoms with Crippen molar-refractivity contribution in [2.75, 3.05) is 0 Å². The van der Waals surface area contributed by atoms with Crippen LogP contribution in [0.1, 0.15) is 40.0 Å². The first kappa shape index (κ1) is 14.3. The maximum Gasteiger partial charge on any atom is 0.251 e. The minimum Gasteiger partial charge on any atom is -0.346 e. The molecule has 20 heavy (non-hydrogen) atoms. The van der Waals surface area contributed by atoms with Crippen LogP contribution in [0.25, 0.3) is 0 Å². The van der Waals surface area contributed by atoms with Crippen LogP contribution in [0.4, 0.5) is 4.39 Å². The highest BCUT2D eigenvalue weighted by Crippen LogP contribution is 2.17. The summed E-state index contributed by atoms with van der Waals surface area (Å²) in [5, 5.41) is 2.88. The van der Waals surface area contributed by atoms with E-state index in [-0.39, 0.29) is 11.9 Å². The second-order valence-electron chi connectivity index (χ2n) is 5.05. The summed E-state index contributed by atoms with van der Waals surface area (Å²) in [4.78, 5) is 12.1. The molecule has 0 bridgehead atoms. The zero-order valence-corrected chi connectivity index (χ0v) is 11.9. The van der Waals surface area contributed by atoms with Gasteiger partial charge in [0.25, 0.3) is 5.91 Å². The van der Waals surface area contributed by atoms with Crippen molar-refractivity contribution in [2.24, 2.45) is 0 Å². The zero-order chi connectivity index (χ0) is 14.7. The number of hydrogen-bond acceptors (Lipinski definition) is 1. The van der Waals surface area contributed by atoms with Gasteiger partial charge in [-0.1, -0.05) is 24.3 Å². The molecule has 2 rings (SSSR count). The number of hydrogen-bond donors (Lipinski definition) is 1. The molecular formula is C17H18FNO. The largest absolute Gasteiger partial charge is 0.346 e. The van der Waals surface area contributed by atoms with E-state index in [0.29, 0.717) is 5.56 Å². The molecule has 1 amide bonds. The van der Waals surface area contributed by atoms with E-state index in [0.717, 1.165) is 5.56 Å². The quantitative estimate of drug-likeness (QED) is 0.900. The molecule has 0 aliphatic heterocycles. The number of rotatable bonds is 3. The van der Waals surface area contributed by atoms with Crippen LogP contribution < -0.4 is 5.32 Å². The van der Waals surface area contributed by atoms with Gasteiger partial charge in [0.05, 0.1) is 6.04 Å². The van der Waals surface area contributed by atoms with Gasteiger partial charge >= 0.3 is 0 Å². The van der Waals surface area contributed by atoms with E-state index < -0.39 is 5.82 Å². The summed E-state index contributed by atoms with van der Waals surface area (Å²) in [5.41, 5.74) is 3.78. The molecule has 0 aliphatic carbocycles. The smallest absolute Gasteiger partial charge is 0.251 e. The van der Waals surface area contributed by atoms with Crippen LogP contribution >= 0.6 is 0 Å². The molecule has 0 saturated carbocycles. The van der Waals surface area contributed by atoms with Gasteiger partial charge in [-0.3, -0.25) is 4.79 Å². The third kappa shape index (κ3) is 3.23. The van der Waals surface area contributed by atoms with Gasteiger partial charge in [-0.25, -0.2) is 4.39 Å². The van der Waals surface area contributed by atoms with E-state index in [2.05, 4.69) is 18.3 Å². The number of carbonyl (C=O) groups is 1. The monoisotopic (exact) mass is 271 g/mol. The highest BCUT2D eigenvalue weighted by molar-refractivity contribution is 5.94. The third-order valence-electron chi connectivity index (χ3n) is 3.47. The molecule has 2 aromatic carbocycles. The van der Waals surface area contributed by atoms with Crippen molar-refractivity contribution in [1.29, 1.82) is 0 Å². The van der Waals surface area contributed by atoms with Crippen LogP contribution in [0.5, 0.6) is 0 Å². The Balaban J connectivity index is 2.13. The van der Waals surface area contributed by atoms with E-state index in [4.69, 9.17) is 0 Å². The third-order valence-corrected chi connectivity index (χ3v) is 3.47. The summed E-state index contributed by atoms with van der Waals surface area (Å²) >= 11 is 0. The number of amides is 1. The summed E-state index contributed by atoms with van der Waals surface area (Å²) < 4.78 is 13.1. The van der Waals surface area contributed by atoms with Crippen LogP contribution in [-0.2, 0) is 0 Å². The number of aryl methyl sites for hydroxylation is 2. The Bertz CT molecular complexity index is 637. The molecule has 0 aliphatic rings. The van der Waals surface area contributed by atoms with Gasteiger partial charge in [0.15, 0.2) is 0 Å². The minimum absolute atomic E-state index is 0.120. The van der Waals surface area contributed by atoms with Crippen molar-refractivity contribution in [2.45, 2.75) is 26.8 Å². The summed E-state index contributed by atoms with van der Waals surface area (Å²) in [6.07, 6.45) is 0. The molecule has 104 valence electrons. The average Bonchev–Trinajstić information content (AvgIpc) is 2.41. The second kappa shape index (κ2) is 5.87. The predicted molar refractivity (Wildman–Crippen MR) is 78.2 cm³/mol. The predicted octanol–water partition coefficient (Wildman–Crippen LogP) is 3.93. The molecule has 0 spiro atoms. The van der Waals surface area contributed by atoms with Gasteiger partial charge in [-0.2, -0.15) is 0 Å². The lowest BCUT2D eigenvalue weighted by atomic mass is 10.0. The van der Waals surface area contributed by atoms with Crippen LogP contribution in [-0.4, -0.2) is 5.91 Å². The Morgan fingerprint density at radius 2 is 1.85 bits per heavy atom. The molecule has 0 unspecified atom stereocenters. The van der Waals surface area contributed by atoms with Gasteiger partial charge in [-0.05, 0) is 55.7 Å². The standard InChI is InChI=1S/C17H18FNO/c1-11-7-8-14(9-12(11)2)13(3)19-17(20)15-5-4-6-16(18)10-15/h4-10,13H,1-3H3,(H,19,20)/t13-/m0/s1. The number of carbonyl (C=O) groups excluding carboxylic acids is 1. The van der Waals surface area contributed by atoms with Gasteiger partial charge < -0.3 is 5.32 Å². The number of nitrogens with one attached hydrogen (secondary N) is 1. The zero-order valence-electron chi connectivity index (χ0n) is 11.9. The van der Waals surface area contributed by atoms with Crippen molar-refractivity contribution in [1.82, 2.24) is 5.32 Å². The topological polar surface area (TPSA) is 29.1 Å². The number of halogens is 1. The van der Waals surface area contributed by atoms with E-state index in [1.54, 1.807) is 6.07 Å². The molecule has 1 atom stereocenters. The lowest BCUT2D eigenvalue weighted by Gasteiger charge is -2.15. The summed E-state index contributed by atoms with van der Waals surface area (Å²) in [6.45, 7) is 6.01. The van der Waals surface area contributed by atoms with Crippen LogP contribution in [0, 0.1) is 19.7 Å². The normalized spacial score (nSPS) is 12.0. The van der Waals surface area contributed by atoms with Crippen LogP contribution in [0.2, 0.25) is 0 Å². The SMILES string of the molecule is Cc1ccc([C@H](C)NC(=O)c2cccc(F)c2)cc1C. The highest BCUT2D eigenvalue weighted by atomic mass is 19.1. The molecule has 3 heteroatoms. The first-order valence-corrected chi connectivity index (χ1v) is 6.61. The molecule has 2 nitrogen and oxygen atoms in total. The molecular weight excluding hydrogens is 253 g/mol. The maximum absolute atomic E-state index is 13.1. The Kier molecular flexibility index (Phi) is 4.18. The van der Waals surface area contributed by atoms with Gasteiger partial charge in [-0.15, -0.1) is 0 Å². The Labute approximate surface area is 118 Å². The molecule has 0 heterocycles. The highest BCUT2D eigenvalue weighted by Gasteiger charge is 2.12. The fourth-order valence-electron chi connectivity index (χ4n) is 2.03. The first-order valence-electron chi connectivity index (χ1n) is 6.61. The summed E-state index contributed by atoms with van der Waals surface area (Å²) in [7, 11) is 0. The summed E-state index contributed by atoms with van der Waals surface area (Å²) in [6, 6.07) is 11.7. The van der Waals surface area contributed by atoms with Crippen molar-refractivity contribution < 1.29 is 9.18 Å². The van der Waals surface area contributed by atoms with E-state index in [1.165, 1.54) is 29.3 Å². The second-order valence-corrected chi connectivity index (χ2v) is 5.05. The van der Waals surface area contributed by atoms with Gasteiger partial charge in [0, 0.05) is 5.56 Å². The first-order chi connectivity index (χ1) is 9.47. The Hall–Kier alpha value is -2.16. The lowest BCUT2D eigenvalue weighted by molar-refractivity contribution is 0.0939. The van der Waals surface area contributed by atoms with Crippen LogP contribution in [0.3, 0.4) is 0 Å². The van der Waals surface area contributed by atoms with Gasteiger partial charge in [0.2, 0.25) is 0 Å². The van der Waals surface area contributed by atoms with E-state index in [9.17, 15) is 9.18 Å². The molecule has 0 fully saturated rings. The maximum atomic E-state index is 13.1. The Morgan fingerprint density at radius 3 is 2.50 bits per heavy atom. The molecule has 0 aromatic heterocycles.